The molecule has 3 aromatic rings. The molecule has 0 unspecified atom stereocenters. The van der Waals surface area contributed by atoms with Crippen LogP contribution in [-0.2, 0) is 11.2 Å². The molecule has 1 aliphatic heterocycles. The third-order valence-electron chi connectivity index (χ3n) is 5.48. The van der Waals surface area contributed by atoms with Crippen LogP contribution in [0.2, 0.25) is 0 Å². The maximum absolute atomic E-state index is 12.4. The van der Waals surface area contributed by atoms with Gasteiger partial charge in [-0.2, -0.15) is 0 Å². The Labute approximate surface area is 176 Å². The lowest BCUT2D eigenvalue weighted by Gasteiger charge is -2.36. The molecule has 1 saturated heterocycles. The van der Waals surface area contributed by atoms with E-state index in [0.29, 0.717) is 19.6 Å². The number of H-pyrrole nitrogens is 1. The third kappa shape index (κ3) is 4.74. The van der Waals surface area contributed by atoms with Crippen LogP contribution in [-0.4, -0.2) is 61.1 Å². The van der Waals surface area contributed by atoms with Crippen LogP contribution in [0, 0.1) is 0 Å². The van der Waals surface area contributed by atoms with E-state index in [1.807, 2.05) is 42.6 Å². The van der Waals surface area contributed by atoms with Crippen molar-refractivity contribution in [3.05, 3.63) is 66.4 Å². The molecule has 7 nitrogen and oxygen atoms in total. The molecule has 1 aromatic heterocycles. The van der Waals surface area contributed by atoms with Crippen LogP contribution in [0.3, 0.4) is 0 Å². The molecule has 3 amide bonds. The van der Waals surface area contributed by atoms with Gasteiger partial charge in [-0.1, -0.05) is 36.4 Å². The van der Waals surface area contributed by atoms with Crippen LogP contribution in [0.25, 0.3) is 10.9 Å². The Bertz CT molecular complexity index is 993. The summed E-state index contributed by atoms with van der Waals surface area (Å²) in [5, 5.41) is 6.78. The summed E-state index contributed by atoms with van der Waals surface area (Å²) in [5.41, 5.74) is 3.44. The minimum atomic E-state index is -0.186. The minimum Gasteiger partial charge on any atom is -0.368 e. The van der Waals surface area contributed by atoms with E-state index >= 15 is 0 Å². The zero-order valence-electron chi connectivity index (χ0n) is 16.9. The Hall–Kier alpha value is -3.48. The van der Waals surface area contributed by atoms with Gasteiger partial charge in [0.25, 0.3) is 0 Å². The Morgan fingerprint density at radius 3 is 2.43 bits per heavy atom. The molecule has 3 N–H and O–H groups in total. The van der Waals surface area contributed by atoms with Crippen LogP contribution in [0.1, 0.15) is 5.56 Å². The molecule has 1 aliphatic rings. The molecule has 30 heavy (non-hydrogen) atoms. The fourth-order valence-electron chi connectivity index (χ4n) is 3.81. The summed E-state index contributed by atoms with van der Waals surface area (Å²) >= 11 is 0. The van der Waals surface area contributed by atoms with Gasteiger partial charge in [0.1, 0.15) is 0 Å². The summed E-state index contributed by atoms with van der Waals surface area (Å²) in [4.78, 5) is 31.7. The van der Waals surface area contributed by atoms with Gasteiger partial charge in [-0.3, -0.25) is 4.79 Å². The lowest BCUT2D eigenvalue weighted by molar-refractivity contribution is -0.120. The molecule has 0 saturated carbocycles. The molecule has 0 aliphatic carbocycles. The van der Waals surface area contributed by atoms with Crippen molar-refractivity contribution in [3.63, 3.8) is 0 Å². The zero-order valence-corrected chi connectivity index (χ0v) is 16.9. The Morgan fingerprint density at radius 1 is 0.900 bits per heavy atom. The molecule has 2 aromatic carbocycles. The highest BCUT2D eigenvalue weighted by molar-refractivity contribution is 5.85. The fourth-order valence-corrected chi connectivity index (χ4v) is 3.81. The van der Waals surface area contributed by atoms with Crippen molar-refractivity contribution in [2.24, 2.45) is 0 Å². The van der Waals surface area contributed by atoms with Crippen molar-refractivity contribution in [1.82, 2.24) is 20.5 Å². The zero-order chi connectivity index (χ0) is 20.8. The van der Waals surface area contributed by atoms with Crippen LogP contribution < -0.4 is 15.5 Å². The van der Waals surface area contributed by atoms with Crippen molar-refractivity contribution in [2.75, 3.05) is 44.2 Å². The van der Waals surface area contributed by atoms with Crippen molar-refractivity contribution >= 4 is 28.5 Å². The SMILES string of the molecule is O=C(CNC(=O)N1CCN(c2ccccc2)CC1)NCCc1c[nH]c2ccccc12. The quantitative estimate of drug-likeness (QED) is 0.589. The minimum absolute atomic E-state index is 0.00832. The molecule has 4 rings (SSSR count). The topological polar surface area (TPSA) is 80.5 Å². The fraction of sp³-hybridized carbons (Fsp3) is 0.304. The standard InChI is InChI=1S/C23H27N5O2/c29-22(24-11-10-18-16-25-21-9-5-4-8-20(18)21)17-26-23(30)28-14-12-27(13-15-28)19-6-2-1-3-7-19/h1-9,16,25H,10-15,17H2,(H,24,29)(H,26,30). The second-order valence-corrected chi connectivity index (χ2v) is 7.43. The number of aromatic nitrogens is 1. The normalized spacial score (nSPS) is 14.0. The summed E-state index contributed by atoms with van der Waals surface area (Å²) in [6.45, 7) is 3.38. The summed E-state index contributed by atoms with van der Waals surface area (Å²) in [6, 6.07) is 18.1. The van der Waals surface area contributed by atoms with E-state index < -0.39 is 0 Å². The Balaban J connectivity index is 1.16. The number of carbonyl (C=O) groups is 2. The average molecular weight is 406 g/mol. The number of amides is 3. The molecule has 0 atom stereocenters. The number of para-hydroxylation sites is 2. The lowest BCUT2D eigenvalue weighted by Crippen LogP contribution is -2.53. The van der Waals surface area contributed by atoms with E-state index in [2.05, 4.69) is 38.7 Å². The van der Waals surface area contributed by atoms with Gasteiger partial charge in [0.2, 0.25) is 5.91 Å². The molecule has 156 valence electrons. The second kappa shape index (κ2) is 9.35. The average Bonchev–Trinajstić information content (AvgIpc) is 3.21. The summed E-state index contributed by atoms with van der Waals surface area (Å²) in [7, 11) is 0. The van der Waals surface area contributed by atoms with E-state index in [1.54, 1.807) is 4.90 Å². The number of anilines is 1. The van der Waals surface area contributed by atoms with Crippen LogP contribution in [0.4, 0.5) is 10.5 Å². The van der Waals surface area contributed by atoms with Gasteiger partial charge in [-0.05, 0) is 30.2 Å². The maximum Gasteiger partial charge on any atom is 0.317 e. The monoisotopic (exact) mass is 405 g/mol. The number of aromatic amines is 1. The molecule has 7 heteroatoms. The van der Waals surface area contributed by atoms with Gasteiger partial charge in [-0.15, -0.1) is 0 Å². The predicted octanol–water partition coefficient (Wildman–Crippen LogP) is 2.36. The van der Waals surface area contributed by atoms with E-state index in [9.17, 15) is 9.59 Å². The van der Waals surface area contributed by atoms with Gasteiger partial charge < -0.3 is 25.4 Å². The number of nitrogens with zero attached hydrogens (tertiary/aromatic N) is 2. The highest BCUT2D eigenvalue weighted by Crippen LogP contribution is 2.18. The Morgan fingerprint density at radius 2 is 1.63 bits per heavy atom. The first-order chi connectivity index (χ1) is 14.7. The van der Waals surface area contributed by atoms with Gasteiger partial charge in [0, 0.05) is 55.5 Å². The number of carbonyl (C=O) groups excluding carboxylic acids is 2. The molecular formula is C23H27N5O2. The van der Waals surface area contributed by atoms with Crippen LogP contribution >= 0.6 is 0 Å². The van der Waals surface area contributed by atoms with Gasteiger partial charge in [0.15, 0.2) is 0 Å². The number of benzene rings is 2. The third-order valence-corrected chi connectivity index (χ3v) is 5.48. The highest BCUT2D eigenvalue weighted by Gasteiger charge is 2.21. The van der Waals surface area contributed by atoms with Crippen molar-refractivity contribution in [3.8, 4) is 0 Å². The van der Waals surface area contributed by atoms with E-state index in [-0.39, 0.29) is 18.5 Å². The smallest absolute Gasteiger partial charge is 0.317 e. The van der Waals surface area contributed by atoms with E-state index in [0.717, 1.165) is 25.0 Å². The lowest BCUT2D eigenvalue weighted by atomic mass is 10.1. The number of hydrogen-bond acceptors (Lipinski definition) is 3. The van der Waals surface area contributed by atoms with Crippen molar-refractivity contribution in [1.29, 1.82) is 0 Å². The summed E-state index contributed by atoms with van der Waals surface area (Å²) < 4.78 is 0. The second-order valence-electron chi connectivity index (χ2n) is 7.43. The van der Waals surface area contributed by atoms with Gasteiger partial charge in [0.05, 0.1) is 6.54 Å². The summed E-state index contributed by atoms with van der Waals surface area (Å²) in [5.74, 6) is -0.175. The molecule has 1 fully saturated rings. The molecular weight excluding hydrogens is 378 g/mol. The molecule has 0 radical (unpaired) electrons. The Kier molecular flexibility index (Phi) is 6.17. The van der Waals surface area contributed by atoms with E-state index in [1.165, 1.54) is 16.6 Å². The molecule has 0 bridgehead atoms. The van der Waals surface area contributed by atoms with Gasteiger partial charge >= 0.3 is 6.03 Å². The summed E-state index contributed by atoms with van der Waals surface area (Å²) in [6.07, 6.45) is 2.72. The van der Waals surface area contributed by atoms with Crippen molar-refractivity contribution in [2.45, 2.75) is 6.42 Å². The largest absolute Gasteiger partial charge is 0.368 e. The number of hydrogen-bond donors (Lipinski definition) is 3. The number of rotatable bonds is 6. The maximum atomic E-state index is 12.4. The number of piperazine rings is 1. The number of fused-ring (bicyclic) bond motifs is 1. The number of urea groups is 1. The van der Waals surface area contributed by atoms with E-state index in [4.69, 9.17) is 0 Å². The molecule has 0 spiro atoms. The first kappa shape index (κ1) is 19.8. The van der Waals surface area contributed by atoms with Crippen molar-refractivity contribution < 1.29 is 9.59 Å². The molecule has 2 heterocycles. The number of nitrogens with one attached hydrogen (secondary N) is 3. The highest BCUT2D eigenvalue weighted by atomic mass is 16.2. The van der Waals surface area contributed by atoms with Gasteiger partial charge in [-0.25, -0.2) is 4.79 Å². The van der Waals surface area contributed by atoms with Crippen LogP contribution in [0.5, 0.6) is 0 Å². The first-order valence-corrected chi connectivity index (χ1v) is 10.3. The first-order valence-electron chi connectivity index (χ1n) is 10.3. The predicted molar refractivity (Wildman–Crippen MR) is 119 cm³/mol. The van der Waals surface area contributed by atoms with Crippen LogP contribution in [0.15, 0.2) is 60.8 Å².